The molecule has 222 valence electrons. The number of aryl methyl sites for hydroxylation is 3. The molecule has 0 aliphatic carbocycles. The predicted octanol–water partition coefficient (Wildman–Crippen LogP) is 7.94. The number of ether oxygens (including phenoxy) is 1. The van der Waals surface area contributed by atoms with E-state index in [1.54, 1.807) is 31.9 Å². The maximum atomic E-state index is 4.93. The first kappa shape index (κ1) is 35.2. The van der Waals surface area contributed by atoms with Gasteiger partial charge in [-0.3, -0.25) is 29.9 Å². The van der Waals surface area contributed by atoms with Gasteiger partial charge in [-0.2, -0.15) is 0 Å². The van der Waals surface area contributed by atoms with Crippen molar-refractivity contribution in [3.63, 3.8) is 0 Å². The van der Waals surface area contributed by atoms with Crippen LogP contribution in [0.1, 0.15) is 119 Å². The summed E-state index contributed by atoms with van der Waals surface area (Å²) < 4.78 is 4.93. The highest BCUT2D eigenvalue weighted by molar-refractivity contribution is 5.20. The van der Waals surface area contributed by atoms with Crippen LogP contribution in [0.15, 0.2) is 55.5 Å². The van der Waals surface area contributed by atoms with Crippen LogP contribution in [0, 0.1) is 20.8 Å². The fourth-order valence-electron chi connectivity index (χ4n) is 3.36. The van der Waals surface area contributed by atoms with Crippen molar-refractivity contribution in [1.29, 1.82) is 0 Å². The summed E-state index contributed by atoms with van der Waals surface area (Å²) in [6.07, 6.45) is 12.4. The molecule has 0 amide bonds. The summed E-state index contributed by atoms with van der Waals surface area (Å²) in [5.41, 5.74) is 7.58. The van der Waals surface area contributed by atoms with Crippen LogP contribution in [-0.4, -0.2) is 42.0 Å². The third-order valence-corrected chi connectivity index (χ3v) is 5.76. The lowest BCUT2D eigenvalue weighted by atomic mass is 10.1. The van der Waals surface area contributed by atoms with Gasteiger partial charge in [0.2, 0.25) is 5.88 Å². The summed E-state index contributed by atoms with van der Waals surface area (Å²) >= 11 is 0. The number of methoxy groups -OCH3 is 1. The van der Waals surface area contributed by atoms with Crippen molar-refractivity contribution < 1.29 is 4.74 Å². The Hall–Kier alpha value is -3.81. The number of aromatic nitrogens is 7. The first-order chi connectivity index (χ1) is 19.3. The molecule has 4 aromatic heterocycles. The van der Waals surface area contributed by atoms with E-state index < -0.39 is 0 Å². The number of rotatable bonds is 5. The summed E-state index contributed by atoms with van der Waals surface area (Å²) in [5.74, 6) is 2.48. The standard InChI is InChI=1S/C9H13N.C8H12N2O.2C8H12N2/c1-7(2)9-8(3)5-4-6-10-9;1-6(2)7-4-9-5-8(10-7)11-3;2*1-6(2)8-5-9-4-7(3)10-8/h4-7H,1-3H3;4-6H,1-3H3;2*4-6H,1-3H3. The zero-order valence-corrected chi connectivity index (χ0v) is 27.0. The van der Waals surface area contributed by atoms with Gasteiger partial charge in [0.25, 0.3) is 0 Å². The molecule has 4 rings (SSSR count). The van der Waals surface area contributed by atoms with Gasteiger partial charge in [-0.15, -0.1) is 0 Å². The molecule has 4 aromatic rings. The van der Waals surface area contributed by atoms with Gasteiger partial charge in [-0.05, 0) is 56.1 Å². The molecular formula is C33H49N7O. The Bertz CT molecular complexity index is 1240. The number of pyridine rings is 1. The smallest absolute Gasteiger partial charge is 0.232 e. The molecule has 0 saturated carbocycles. The Balaban J connectivity index is 0.000000274. The first-order valence-electron chi connectivity index (χ1n) is 14.2. The summed E-state index contributed by atoms with van der Waals surface area (Å²) in [6, 6.07) is 4.07. The molecule has 0 aromatic carbocycles. The fraction of sp³-hybridized carbons (Fsp3) is 0.485. The highest BCUT2D eigenvalue weighted by Crippen LogP contribution is 2.15. The van der Waals surface area contributed by atoms with E-state index >= 15 is 0 Å². The third kappa shape index (κ3) is 13.9. The van der Waals surface area contributed by atoms with E-state index in [2.05, 4.69) is 103 Å². The lowest BCUT2D eigenvalue weighted by Crippen LogP contribution is -1.96. The highest BCUT2D eigenvalue weighted by atomic mass is 16.5. The molecule has 8 heteroatoms. The van der Waals surface area contributed by atoms with Gasteiger partial charge in [0.15, 0.2) is 0 Å². The minimum atomic E-state index is 0.401. The van der Waals surface area contributed by atoms with Crippen molar-refractivity contribution in [3.8, 4) is 5.88 Å². The van der Waals surface area contributed by atoms with Crippen LogP contribution >= 0.6 is 0 Å². The summed E-state index contributed by atoms with van der Waals surface area (Å²) in [7, 11) is 1.59. The molecule has 4 heterocycles. The summed E-state index contributed by atoms with van der Waals surface area (Å²) in [4.78, 5) is 29.2. The van der Waals surface area contributed by atoms with E-state index in [1.165, 1.54) is 11.3 Å². The average molecular weight is 560 g/mol. The maximum absolute atomic E-state index is 4.93. The SMILES string of the molecule is COc1cncc(C(C)C)n1.Cc1cccnc1C(C)C.Cc1cncc(C(C)C)n1.Cc1cncc(C(C)C)n1. The van der Waals surface area contributed by atoms with Crippen molar-refractivity contribution in [3.05, 3.63) is 95.2 Å². The minimum absolute atomic E-state index is 0.401. The topological polar surface area (TPSA) is 99.5 Å². The number of nitrogens with zero attached hydrogens (tertiary/aromatic N) is 7. The highest BCUT2D eigenvalue weighted by Gasteiger charge is 2.03. The monoisotopic (exact) mass is 559 g/mol. The van der Waals surface area contributed by atoms with Crippen LogP contribution < -0.4 is 4.74 Å². The van der Waals surface area contributed by atoms with E-state index in [0.29, 0.717) is 29.6 Å². The van der Waals surface area contributed by atoms with Gasteiger partial charge in [0, 0.05) is 42.9 Å². The van der Waals surface area contributed by atoms with Crippen molar-refractivity contribution in [2.24, 2.45) is 0 Å². The van der Waals surface area contributed by atoms with Crippen LogP contribution in [0.2, 0.25) is 0 Å². The molecule has 0 N–H and O–H groups in total. The number of hydrogen-bond donors (Lipinski definition) is 0. The third-order valence-electron chi connectivity index (χ3n) is 5.76. The zero-order chi connectivity index (χ0) is 30.9. The molecule has 0 spiro atoms. The summed E-state index contributed by atoms with van der Waals surface area (Å²) in [5, 5.41) is 0. The number of hydrogen-bond acceptors (Lipinski definition) is 8. The quantitative estimate of drug-likeness (QED) is 0.243. The molecule has 0 fully saturated rings. The predicted molar refractivity (Wildman–Crippen MR) is 167 cm³/mol. The molecule has 0 aliphatic rings. The molecule has 0 unspecified atom stereocenters. The van der Waals surface area contributed by atoms with Crippen molar-refractivity contribution in [1.82, 2.24) is 34.9 Å². The maximum Gasteiger partial charge on any atom is 0.232 e. The average Bonchev–Trinajstić information content (AvgIpc) is 2.94. The summed E-state index contributed by atoms with van der Waals surface area (Å²) in [6.45, 7) is 22.9. The van der Waals surface area contributed by atoms with E-state index in [-0.39, 0.29) is 0 Å². The van der Waals surface area contributed by atoms with Gasteiger partial charge >= 0.3 is 0 Å². The Morgan fingerprint density at radius 2 is 1.00 bits per heavy atom. The normalized spacial score (nSPS) is 10.3. The first-order valence-corrected chi connectivity index (χ1v) is 14.2. The molecule has 0 aliphatic heterocycles. The lowest BCUT2D eigenvalue weighted by Gasteiger charge is -2.05. The second kappa shape index (κ2) is 18.5. The molecule has 8 nitrogen and oxygen atoms in total. The van der Waals surface area contributed by atoms with E-state index in [4.69, 9.17) is 4.74 Å². The van der Waals surface area contributed by atoms with E-state index in [0.717, 1.165) is 28.5 Å². The second-order valence-corrected chi connectivity index (χ2v) is 11.0. The van der Waals surface area contributed by atoms with Crippen LogP contribution in [0.4, 0.5) is 0 Å². The Labute approximate surface area is 247 Å². The zero-order valence-electron chi connectivity index (χ0n) is 27.0. The molecule has 41 heavy (non-hydrogen) atoms. The van der Waals surface area contributed by atoms with Crippen LogP contribution in [0.3, 0.4) is 0 Å². The van der Waals surface area contributed by atoms with Crippen LogP contribution in [-0.2, 0) is 0 Å². The van der Waals surface area contributed by atoms with Gasteiger partial charge in [0.05, 0.1) is 41.8 Å². The van der Waals surface area contributed by atoms with Gasteiger partial charge in [-0.1, -0.05) is 61.5 Å². The van der Waals surface area contributed by atoms with E-state index in [1.807, 2.05) is 38.5 Å². The molecule has 0 saturated heterocycles. The second-order valence-electron chi connectivity index (χ2n) is 11.0. The van der Waals surface area contributed by atoms with E-state index in [9.17, 15) is 0 Å². The van der Waals surface area contributed by atoms with Gasteiger partial charge in [-0.25, -0.2) is 4.98 Å². The minimum Gasteiger partial charge on any atom is -0.480 e. The Morgan fingerprint density at radius 1 is 0.561 bits per heavy atom. The van der Waals surface area contributed by atoms with Crippen molar-refractivity contribution in [2.75, 3.05) is 7.11 Å². The van der Waals surface area contributed by atoms with Crippen molar-refractivity contribution in [2.45, 2.75) is 99.8 Å². The van der Waals surface area contributed by atoms with Crippen molar-refractivity contribution >= 4 is 0 Å². The van der Waals surface area contributed by atoms with Crippen LogP contribution in [0.5, 0.6) is 5.88 Å². The molecule has 0 atom stereocenters. The van der Waals surface area contributed by atoms with Crippen LogP contribution in [0.25, 0.3) is 0 Å². The lowest BCUT2D eigenvalue weighted by molar-refractivity contribution is 0.393. The molecule has 0 radical (unpaired) electrons. The van der Waals surface area contributed by atoms with Gasteiger partial charge < -0.3 is 4.74 Å². The van der Waals surface area contributed by atoms with Gasteiger partial charge in [0.1, 0.15) is 0 Å². The molecular weight excluding hydrogens is 510 g/mol. The molecule has 0 bridgehead atoms. The Kier molecular flexibility index (Phi) is 15.9. The Morgan fingerprint density at radius 3 is 1.32 bits per heavy atom. The fourth-order valence-corrected chi connectivity index (χ4v) is 3.36. The largest absolute Gasteiger partial charge is 0.480 e.